The number of aryl methyl sites for hydroxylation is 1. The highest BCUT2D eigenvalue weighted by atomic mass is 35.5. The van der Waals surface area contributed by atoms with Gasteiger partial charge in [-0.3, -0.25) is 9.67 Å². The number of aromatic amines is 1. The summed E-state index contributed by atoms with van der Waals surface area (Å²) in [6.07, 6.45) is 0. The predicted molar refractivity (Wildman–Crippen MR) is 89.3 cm³/mol. The van der Waals surface area contributed by atoms with Gasteiger partial charge in [0.05, 0.1) is 0 Å². The summed E-state index contributed by atoms with van der Waals surface area (Å²) in [5.74, 6) is 1.44. The predicted octanol–water partition coefficient (Wildman–Crippen LogP) is 4.47. The molecule has 3 aromatic rings. The molecule has 112 valence electrons. The lowest BCUT2D eigenvalue weighted by molar-refractivity contribution is 0.293. The maximum atomic E-state index is 5.86. The Morgan fingerprint density at radius 3 is 2.50 bits per heavy atom. The Hall–Kier alpha value is -2.11. The van der Waals surface area contributed by atoms with Crippen LogP contribution in [0.3, 0.4) is 0 Å². The summed E-state index contributed by atoms with van der Waals surface area (Å²) in [5.41, 5.74) is 2.15. The summed E-state index contributed by atoms with van der Waals surface area (Å²) < 4.78 is 8.14. The molecule has 1 heterocycles. The van der Waals surface area contributed by atoms with Crippen molar-refractivity contribution in [1.82, 2.24) is 14.8 Å². The molecule has 22 heavy (non-hydrogen) atoms. The fourth-order valence-electron chi connectivity index (χ4n) is 2.07. The highest BCUT2D eigenvalue weighted by Crippen LogP contribution is 2.18. The molecule has 0 spiro atoms. The number of ether oxygens (including phenoxy) is 1. The van der Waals surface area contributed by atoms with E-state index in [0.29, 0.717) is 22.2 Å². The van der Waals surface area contributed by atoms with E-state index in [9.17, 15) is 0 Å². The topological polar surface area (TPSA) is 42.8 Å². The highest BCUT2D eigenvalue weighted by Gasteiger charge is 2.09. The first-order chi connectivity index (χ1) is 10.6. The van der Waals surface area contributed by atoms with Crippen molar-refractivity contribution in [3.8, 4) is 11.4 Å². The van der Waals surface area contributed by atoms with Gasteiger partial charge < -0.3 is 4.74 Å². The molecule has 0 amide bonds. The van der Waals surface area contributed by atoms with Gasteiger partial charge in [-0.05, 0) is 55.5 Å². The Labute approximate surface area is 138 Å². The number of rotatable bonds is 4. The van der Waals surface area contributed by atoms with E-state index >= 15 is 0 Å². The molecule has 0 aliphatic rings. The molecule has 0 atom stereocenters. The summed E-state index contributed by atoms with van der Waals surface area (Å²) in [4.78, 5) is 0. The molecule has 0 bridgehead atoms. The number of nitrogens with zero attached hydrogens (tertiary/aromatic N) is 2. The average molecular weight is 332 g/mol. The minimum atomic E-state index is 0.308. The Morgan fingerprint density at radius 2 is 1.82 bits per heavy atom. The van der Waals surface area contributed by atoms with E-state index < -0.39 is 0 Å². The molecule has 0 aliphatic heterocycles. The van der Waals surface area contributed by atoms with Gasteiger partial charge in [0, 0.05) is 10.7 Å². The van der Waals surface area contributed by atoms with Crippen LogP contribution in [0.4, 0.5) is 0 Å². The van der Waals surface area contributed by atoms with Crippen LogP contribution >= 0.6 is 23.8 Å². The summed E-state index contributed by atoms with van der Waals surface area (Å²) >= 11 is 11.2. The number of aromatic nitrogens is 3. The van der Waals surface area contributed by atoms with Crippen LogP contribution < -0.4 is 4.74 Å². The van der Waals surface area contributed by atoms with Crippen LogP contribution in [0.2, 0.25) is 5.02 Å². The maximum absolute atomic E-state index is 5.86. The Kier molecular flexibility index (Phi) is 4.27. The molecule has 0 saturated carbocycles. The van der Waals surface area contributed by atoms with E-state index in [1.54, 1.807) is 12.1 Å². The first kappa shape index (κ1) is 14.8. The quantitative estimate of drug-likeness (QED) is 0.717. The van der Waals surface area contributed by atoms with Crippen LogP contribution in [-0.4, -0.2) is 14.8 Å². The monoisotopic (exact) mass is 331 g/mol. The van der Waals surface area contributed by atoms with Gasteiger partial charge in [-0.2, -0.15) is 5.10 Å². The molecule has 1 aromatic heterocycles. The molecule has 6 heteroatoms. The third-order valence-corrected chi connectivity index (χ3v) is 3.74. The summed E-state index contributed by atoms with van der Waals surface area (Å²) in [7, 11) is 0. The Morgan fingerprint density at radius 1 is 1.14 bits per heavy atom. The molecular weight excluding hydrogens is 318 g/mol. The number of halogens is 1. The van der Waals surface area contributed by atoms with Crippen LogP contribution in [0, 0.1) is 11.7 Å². The minimum absolute atomic E-state index is 0.308. The van der Waals surface area contributed by atoms with Crippen molar-refractivity contribution in [3.63, 3.8) is 0 Å². The standard InChI is InChI=1S/C16H14ClN3OS/c1-11-2-6-13(7-3-11)20-15(18-19-16(20)22)10-21-14-8-4-12(17)5-9-14/h2-9H,10H2,1H3,(H,19,22). The molecule has 3 rings (SSSR count). The minimum Gasteiger partial charge on any atom is -0.486 e. The van der Waals surface area contributed by atoms with Gasteiger partial charge in [0.25, 0.3) is 0 Å². The Bertz CT molecular complexity index is 822. The molecule has 0 radical (unpaired) electrons. The molecule has 0 saturated heterocycles. The lowest BCUT2D eigenvalue weighted by atomic mass is 10.2. The van der Waals surface area contributed by atoms with Crippen molar-refractivity contribution in [1.29, 1.82) is 0 Å². The van der Waals surface area contributed by atoms with Crippen LogP contribution in [0.1, 0.15) is 11.4 Å². The summed E-state index contributed by atoms with van der Waals surface area (Å²) in [6.45, 7) is 2.35. The molecule has 2 aromatic carbocycles. The van der Waals surface area contributed by atoms with E-state index in [-0.39, 0.29) is 0 Å². The third-order valence-electron chi connectivity index (χ3n) is 3.22. The van der Waals surface area contributed by atoms with Crippen molar-refractivity contribution in [3.05, 3.63) is 69.7 Å². The van der Waals surface area contributed by atoms with Gasteiger partial charge in [-0.15, -0.1) is 0 Å². The lowest BCUT2D eigenvalue weighted by Gasteiger charge is -2.09. The number of hydrogen-bond acceptors (Lipinski definition) is 3. The number of H-pyrrole nitrogens is 1. The molecular formula is C16H14ClN3OS. The van der Waals surface area contributed by atoms with Crippen molar-refractivity contribution in [2.45, 2.75) is 13.5 Å². The fraction of sp³-hybridized carbons (Fsp3) is 0.125. The van der Waals surface area contributed by atoms with Gasteiger partial charge in [-0.1, -0.05) is 29.3 Å². The number of benzene rings is 2. The summed E-state index contributed by atoms with van der Waals surface area (Å²) in [6, 6.07) is 15.3. The molecule has 4 nitrogen and oxygen atoms in total. The summed E-state index contributed by atoms with van der Waals surface area (Å²) in [5, 5.41) is 7.73. The Balaban J connectivity index is 1.84. The van der Waals surface area contributed by atoms with Gasteiger partial charge in [-0.25, -0.2) is 0 Å². The van der Waals surface area contributed by atoms with Crippen molar-refractivity contribution in [2.24, 2.45) is 0 Å². The van der Waals surface area contributed by atoms with E-state index in [1.165, 1.54) is 5.56 Å². The zero-order valence-electron chi connectivity index (χ0n) is 11.9. The van der Waals surface area contributed by atoms with Crippen molar-refractivity contribution >= 4 is 23.8 Å². The highest BCUT2D eigenvalue weighted by molar-refractivity contribution is 7.71. The van der Waals surface area contributed by atoms with Crippen molar-refractivity contribution in [2.75, 3.05) is 0 Å². The first-order valence-corrected chi connectivity index (χ1v) is 7.54. The molecule has 0 aliphatic carbocycles. The van der Waals surface area contributed by atoms with Crippen LogP contribution in [0.5, 0.6) is 5.75 Å². The number of nitrogens with one attached hydrogen (secondary N) is 1. The maximum Gasteiger partial charge on any atom is 0.199 e. The van der Waals surface area contributed by atoms with Crippen molar-refractivity contribution < 1.29 is 4.74 Å². The zero-order chi connectivity index (χ0) is 15.5. The van der Waals surface area contributed by atoms with Gasteiger partial charge in [0.15, 0.2) is 10.6 Å². The zero-order valence-corrected chi connectivity index (χ0v) is 13.5. The molecule has 0 fully saturated rings. The second kappa shape index (κ2) is 6.34. The fourth-order valence-corrected chi connectivity index (χ4v) is 2.45. The van der Waals surface area contributed by atoms with Gasteiger partial charge in [0.2, 0.25) is 0 Å². The SMILES string of the molecule is Cc1ccc(-n2c(COc3ccc(Cl)cc3)n[nH]c2=S)cc1. The van der Waals surface area contributed by atoms with Gasteiger partial charge >= 0.3 is 0 Å². The van der Waals surface area contributed by atoms with Crippen LogP contribution in [0.25, 0.3) is 5.69 Å². The normalized spacial score (nSPS) is 10.6. The largest absolute Gasteiger partial charge is 0.486 e. The lowest BCUT2D eigenvalue weighted by Crippen LogP contribution is -2.05. The first-order valence-electron chi connectivity index (χ1n) is 6.75. The van der Waals surface area contributed by atoms with Gasteiger partial charge in [0.1, 0.15) is 12.4 Å². The smallest absolute Gasteiger partial charge is 0.199 e. The molecule has 1 N–H and O–H groups in total. The molecule has 0 unspecified atom stereocenters. The van der Waals surface area contributed by atoms with Crippen LogP contribution in [-0.2, 0) is 6.61 Å². The van der Waals surface area contributed by atoms with E-state index in [1.807, 2.05) is 47.9 Å². The third kappa shape index (κ3) is 3.21. The average Bonchev–Trinajstić information content (AvgIpc) is 2.89. The second-order valence-corrected chi connectivity index (χ2v) is 5.68. The van der Waals surface area contributed by atoms with E-state index in [4.69, 9.17) is 28.6 Å². The number of hydrogen-bond donors (Lipinski definition) is 1. The van der Waals surface area contributed by atoms with Crippen LogP contribution in [0.15, 0.2) is 48.5 Å². The van der Waals surface area contributed by atoms with E-state index in [2.05, 4.69) is 10.2 Å². The van der Waals surface area contributed by atoms with E-state index in [0.717, 1.165) is 11.4 Å². The second-order valence-electron chi connectivity index (χ2n) is 4.86.